The number of carbonyl (C=O) groups is 1. The molecule has 0 unspecified atom stereocenters. The van der Waals surface area contributed by atoms with Crippen LogP contribution >= 0.6 is 0 Å². The summed E-state index contributed by atoms with van der Waals surface area (Å²) in [6.45, 7) is 0. The van der Waals surface area contributed by atoms with Crippen molar-refractivity contribution in [3.8, 4) is 40.1 Å². The van der Waals surface area contributed by atoms with Crippen LogP contribution in [0.1, 0.15) is 11.9 Å². The Balaban J connectivity index is 1.63. The number of phenolic OH excluding ortho intramolecular Hbond substituents is 2. The van der Waals surface area contributed by atoms with E-state index in [-0.39, 0.29) is 28.0 Å². The molecule has 6 atom stereocenters. The molecule has 2 heterocycles. The van der Waals surface area contributed by atoms with Gasteiger partial charge in [0.25, 0.3) is 0 Å². The number of hydrogen-bond acceptors (Lipinski definition) is 13. The second-order valence-electron chi connectivity index (χ2n) is 9.55. The van der Waals surface area contributed by atoms with Gasteiger partial charge in [-0.05, 0) is 36.4 Å². The van der Waals surface area contributed by atoms with Gasteiger partial charge in [0.05, 0.1) is 7.11 Å². The molecule has 14 nitrogen and oxygen atoms in total. The molecule has 43 heavy (non-hydrogen) atoms. The highest BCUT2D eigenvalue weighted by Crippen LogP contribution is 2.45. The molecule has 1 aliphatic heterocycles. The molecule has 4 aromatic rings. The van der Waals surface area contributed by atoms with E-state index in [0.717, 1.165) is 12.1 Å². The topological polar surface area (TPSA) is 226 Å². The fraction of sp³-hybridized carbons (Fsp3) is 0.241. The molecule has 0 spiro atoms. The van der Waals surface area contributed by atoms with E-state index in [1.807, 2.05) is 0 Å². The summed E-state index contributed by atoms with van der Waals surface area (Å²) in [6.07, 6.45) is -11.8. The molecular weight excluding hydrogens is 572 g/mol. The zero-order chi connectivity index (χ0) is 31.0. The number of benzene rings is 3. The number of aliphatic hydroxyl groups is 4. The maximum absolute atomic E-state index is 13.2. The molecule has 226 valence electrons. The number of phenols is 2. The Morgan fingerprint density at radius 3 is 2.33 bits per heavy atom. The zero-order valence-corrected chi connectivity index (χ0v) is 22.2. The SMILES string of the molecule is COc1ccc(-c2cc(=O)c3c(O)c(O[C@H](O)c4cccc(O)c4)c(O[C@H]4O[C@H](C(=O)O)[C@@H](O)[C@@H](O)[C@H]4O)cc3o2)cc1. The van der Waals surface area contributed by atoms with Gasteiger partial charge in [0.15, 0.2) is 23.0 Å². The standard InChI is InChI=1S/C29H26O14/c1-39-15-7-5-12(6-8-15)17-10-16(31)20-18(40-17)11-19(41-29-24(35)22(33)23(34)26(43-29)27(36)37)25(21(20)32)42-28(38)13-3-2-4-14(30)9-13/h2-11,22-24,26,28-30,32-35,38H,1H3,(H,36,37)/t22-,23+,24-,26+,28+,29+/m1/s1. The second kappa shape index (κ2) is 11.8. The predicted molar refractivity (Wildman–Crippen MR) is 145 cm³/mol. The number of aliphatic carboxylic acids is 1. The van der Waals surface area contributed by atoms with E-state index in [1.165, 1.54) is 31.4 Å². The average molecular weight is 599 g/mol. The maximum Gasteiger partial charge on any atom is 0.335 e. The smallest absolute Gasteiger partial charge is 0.335 e. The van der Waals surface area contributed by atoms with E-state index >= 15 is 0 Å². The van der Waals surface area contributed by atoms with Crippen LogP contribution in [-0.4, -0.2) is 79.5 Å². The summed E-state index contributed by atoms with van der Waals surface area (Å²) in [7, 11) is 1.48. The van der Waals surface area contributed by atoms with Gasteiger partial charge in [-0.15, -0.1) is 0 Å². The van der Waals surface area contributed by atoms with Crippen LogP contribution in [0.15, 0.2) is 69.9 Å². The molecule has 5 rings (SSSR count). The highest BCUT2D eigenvalue weighted by atomic mass is 16.7. The van der Waals surface area contributed by atoms with Crippen molar-refractivity contribution in [2.45, 2.75) is 37.0 Å². The number of fused-ring (bicyclic) bond motifs is 1. The highest BCUT2D eigenvalue weighted by molar-refractivity contribution is 5.89. The summed E-state index contributed by atoms with van der Waals surface area (Å²) in [4.78, 5) is 24.8. The lowest BCUT2D eigenvalue weighted by atomic mass is 9.99. The van der Waals surface area contributed by atoms with Gasteiger partial charge in [-0.1, -0.05) is 12.1 Å². The van der Waals surface area contributed by atoms with Crippen molar-refractivity contribution in [2.24, 2.45) is 0 Å². The lowest BCUT2D eigenvalue weighted by Crippen LogP contribution is -2.61. The number of ether oxygens (including phenoxy) is 4. The summed E-state index contributed by atoms with van der Waals surface area (Å²) in [5.74, 6) is -3.28. The Hall–Kier alpha value is -4.86. The van der Waals surface area contributed by atoms with Crippen molar-refractivity contribution in [1.29, 1.82) is 0 Å². The lowest BCUT2D eigenvalue weighted by Gasteiger charge is -2.38. The average Bonchev–Trinajstić information content (AvgIpc) is 2.98. The molecule has 1 saturated heterocycles. The Morgan fingerprint density at radius 1 is 0.953 bits per heavy atom. The van der Waals surface area contributed by atoms with Crippen LogP contribution in [0.4, 0.5) is 0 Å². The molecule has 1 aromatic heterocycles. The van der Waals surface area contributed by atoms with Crippen LogP contribution in [0, 0.1) is 0 Å². The predicted octanol–water partition coefficient (Wildman–Crippen LogP) is 1.22. The molecule has 1 fully saturated rings. The van der Waals surface area contributed by atoms with Gasteiger partial charge in [0.1, 0.15) is 46.5 Å². The summed E-state index contributed by atoms with van der Waals surface area (Å²) < 4.78 is 27.4. The first-order valence-electron chi connectivity index (χ1n) is 12.7. The number of carboxylic acids is 1. The molecule has 0 saturated carbocycles. The largest absolute Gasteiger partial charge is 0.508 e. The normalized spacial score (nSPS) is 22.6. The number of aromatic hydroxyl groups is 2. The lowest BCUT2D eigenvalue weighted by molar-refractivity contribution is -0.271. The number of hydrogen-bond donors (Lipinski definition) is 7. The Labute approximate surface area is 241 Å². The molecule has 0 bridgehead atoms. The number of methoxy groups -OCH3 is 1. The van der Waals surface area contributed by atoms with E-state index < -0.39 is 65.6 Å². The molecule has 3 aromatic carbocycles. The van der Waals surface area contributed by atoms with Gasteiger partial charge < -0.3 is 59.1 Å². The summed E-state index contributed by atoms with van der Waals surface area (Å²) in [5, 5.41) is 71.5. The quantitative estimate of drug-likeness (QED) is 0.142. The zero-order valence-electron chi connectivity index (χ0n) is 22.2. The van der Waals surface area contributed by atoms with Crippen molar-refractivity contribution >= 4 is 16.9 Å². The molecular formula is C29H26O14. The molecule has 1 aliphatic rings. The second-order valence-corrected chi connectivity index (χ2v) is 9.55. The molecule has 0 amide bonds. The molecule has 14 heteroatoms. The Kier molecular flexibility index (Phi) is 8.12. The van der Waals surface area contributed by atoms with Crippen LogP contribution in [-0.2, 0) is 9.53 Å². The van der Waals surface area contributed by atoms with Crippen molar-refractivity contribution in [3.05, 3.63) is 76.5 Å². The third-order valence-corrected chi connectivity index (χ3v) is 6.73. The van der Waals surface area contributed by atoms with Crippen molar-refractivity contribution in [1.82, 2.24) is 0 Å². The molecule has 0 aliphatic carbocycles. The minimum atomic E-state index is -2.02. The third kappa shape index (κ3) is 5.77. The van der Waals surface area contributed by atoms with Gasteiger partial charge in [0.2, 0.25) is 18.3 Å². The minimum Gasteiger partial charge on any atom is -0.508 e. The Bertz CT molecular complexity index is 1700. The van der Waals surface area contributed by atoms with Gasteiger partial charge in [-0.25, -0.2) is 4.79 Å². The van der Waals surface area contributed by atoms with Crippen LogP contribution in [0.25, 0.3) is 22.3 Å². The van der Waals surface area contributed by atoms with E-state index in [0.29, 0.717) is 11.3 Å². The summed E-state index contributed by atoms with van der Waals surface area (Å²) >= 11 is 0. The Morgan fingerprint density at radius 2 is 1.67 bits per heavy atom. The van der Waals surface area contributed by atoms with Gasteiger partial charge in [-0.2, -0.15) is 0 Å². The van der Waals surface area contributed by atoms with Crippen molar-refractivity contribution in [3.63, 3.8) is 0 Å². The van der Waals surface area contributed by atoms with Crippen LogP contribution < -0.4 is 19.6 Å². The van der Waals surface area contributed by atoms with Gasteiger partial charge in [0, 0.05) is 23.3 Å². The van der Waals surface area contributed by atoms with Crippen LogP contribution in [0.2, 0.25) is 0 Å². The van der Waals surface area contributed by atoms with Crippen molar-refractivity contribution in [2.75, 3.05) is 7.11 Å². The third-order valence-electron chi connectivity index (χ3n) is 6.73. The van der Waals surface area contributed by atoms with E-state index in [9.17, 15) is 45.3 Å². The maximum atomic E-state index is 13.2. The fourth-order valence-electron chi connectivity index (χ4n) is 4.49. The minimum absolute atomic E-state index is 0.0331. The first-order valence-corrected chi connectivity index (χ1v) is 12.7. The van der Waals surface area contributed by atoms with E-state index in [4.69, 9.17) is 23.4 Å². The molecule has 0 radical (unpaired) electrons. The van der Waals surface area contributed by atoms with E-state index in [1.54, 1.807) is 24.3 Å². The van der Waals surface area contributed by atoms with Crippen LogP contribution in [0.5, 0.6) is 28.7 Å². The molecule has 7 N–H and O–H groups in total. The van der Waals surface area contributed by atoms with Gasteiger partial charge >= 0.3 is 5.97 Å². The number of carboxylic acid groups (broad SMARTS) is 1. The highest BCUT2D eigenvalue weighted by Gasteiger charge is 2.48. The first-order chi connectivity index (χ1) is 20.5. The summed E-state index contributed by atoms with van der Waals surface area (Å²) in [5.41, 5.74) is -0.462. The van der Waals surface area contributed by atoms with E-state index in [2.05, 4.69) is 0 Å². The van der Waals surface area contributed by atoms with Gasteiger partial charge in [-0.3, -0.25) is 4.79 Å². The van der Waals surface area contributed by atoms with Crippen LogP contribution in [0.3, 0.4) is 0 Å². The number of aliphatic hydroxyl groups excluding tert-OH is 4. The van der Waals surface area contributed by atoms with Crippen molar-refractivity contribution < 1.29 is 63.9 Å². The fourth-order valence-corrected chi connectivity index (χ4v) is 4.49. The summed E-state index contributed by atoms with van der Waals surface area (Å²) in [6, 6.07) is 14.0. The first kappa shape index (κ1) is 29.6. The number of rotatable bonds is 8. The monoisotopic (exact) mass is 598 g/mol.